The van der Waals surface area contributed by atoms with Gasteiger partial charge in [-0.25, -0.2) is 4.68 Å². The van der Waals surface area contributed by atoms with Gasteiger partial charge in [-0.3, -0.25) is 15.5 Å². The molecule has 0 aliphatic carbocycles. The molecule has 166 valence electrons. The van der Waals surface area contributed by atoms with Crippen LogP contribution in [0.25, 0.3) is 16.9 Å². The summed E-state index contributed by atoms with van der Waals surface area (Å²) >= 11 is 0. The van der Waals surface area contributed by atoms with E-state index >= 15 is 0 Å². The molecule has 0 unspecified atom stereocenters. The summed E-state index contributed by atoms with van der Waals surface area (Å²) in [5.41, 5.74) is 6.04. The largest absolute Gasteiger partial charge is 0.493 e. The maximum Gasteiger partial charge on any atom is 0.294 e. The molecule has 1 heterocycles. The highest BCUT2D eigenvalue weighted by atomic mass is 16.6. The fraction of sp³-hybridized carbons (Fsp3) is 0.0833. The first-order valence-corrected chi connectivity index (χ1v) is 10.0. The minimum Gasteiger partial charge on any atom is -0.493 e. The van der Waals surface area contributed by atoms with E-state index in [4.69, 9.17) is 14.6 Å². The number of hydrogen-bond acceptors (Lipinski definition) is 7. The highest BCUT2D eigenvalue weighted by molar-refractivity contribution is 5.89. The number of nitro benzene ring substituents is 1. The maximum atomic E-state index is 11.2. The predicted octanol–water partition coefficient (Wildman–Crippen LogP) is 4.91. The summed E-state index contributed by atoms with van der Waals surface area (Å²) < 4.78 is 12.5. The number of para-hydroxylation sites is 3. The molecule has 0 atom stereocenters. The third kappa shape index (κ3) is 4.67. The number of anilines is 1. The fourth-order valence-electron chi connectivity index (χ4n) is 3.30. The maximum absolute atomic E-state index is 11.2. The number of aromatic nitrogens is 2. The van der Waals surface area contributed by atoms with Crippen LogP contribution in [0.15, 0.2) is 84.1 Å². The molecule has 0 saturated carbocycles. The van der Waals surface area contributed by atoms with Crippen LogP contribution in [-0.2, 0) is 0 Å². The molecule has 0 aliphatic heterocycles. The number of benzene rings is 3. The third-order valence-corrected chi connectivity index (χ3v) is 4.91. The second kappa shape index (κ2) is 9.65. The number of methoxy groups -OCH3 is 2. The lowest BCUT2D eigenvalue weighted by Gasteiger charge is -2.09. The van der Waals surface area contributed by atoms with Crippen LogP contribution in [0.5, 0.6) is 11.5 Å². The Morgan fingerprint density at radius 2 is 1.73 bits per heavy atom. The van der Waals surface area contributed by atoms with E-state index in [0.717, 1.165) is 11.3 Å². The van der Waals surface area contributed by atoms with Crippen molar-refractivity contribution in [3.05, 3.63) is 94.7 Å². The molecule has 4 rings (SSSR count). The van der Waals surface area contributed by atoms with Gasteiger partial charge in [0.1, 0.15) is 11.4 Å². The van der Waals surface area contributed by atoms with Crippen LogP contribution in [0.3, 0.4) is 0 Å². The Labute approximate surface area is 190 Å². The standard InChI is InChI=1S/C24H21N5O4/c1-32-22-13-12-17(14-23(22)33-2)24-18(16-28(27-24)19-8-4-3-5-9-19)15-25-26-20-10-6-7-11-21(20)29(30)31/h3-16,26H,1-2H3. The van der Waals surface area contributed by atoms with E-state index in [1.54, 1.807) is 43.3 Å². The van der Waals surface area contributed by atoms with Crippen molar-refractivity contribution in [2.45, 2.75) is 0 Å². The first-order chi connectivity index (χ1) is 16.1. The van der Waals surface area contributed by atoms with E-state index in [0.29, 0.717) is 28.4 Å². The molecular weight excluding hydrogens is 422 g/mol. The van der Waals surface area contributed by atoms with Gasteiger partial charge in [-0.1, -0.05) is 30.3 Å². The molecule has 0 spiro atoms. The molecule has 3 aromatic carbocycles. The van der Waals surface area contributed by atoms with E-state index in [-0.39, 0.29) is 5.69 Å². The van der Waals surface area contributed by atoms with Crippen LogP contribution in [0.1, 0.15) is 5.56 Å². The molecule has 0 fully saturated rings. The number of hydrazone groups is 1. The monoisotopic (exact) mass is 443 g/mol. The molecule has 9 heteroatoms. The van der Waals surface area contributed by atoms with Crippen molar-refractivity contribution in [2.75, 3.05) is 19.6 Å². The van der Waals surface area contributed by atoms with Gasteiger partial charge in [0, 0.05) is 23.4 Å². The van der Waals surface area contributed by atoms with Gasteiger partial charge >= 0.3 is 0 Å². The number of ether oxygens (including phenoxy) is 2. The SMILES string of the molecule is COc1ccc(-c2nn(-c3ccccc3)cc2C=NNc2ccccc2[N+](=O)[O-])cc1OC. The summed E-state index contributed by atoms with van der Waals surface area (Å²) in [5, 5.41) is 20.2. The van der Waals surface area contributed by atoms with Crippen molar-refractivity contribution in [3.8, 4) is 28.4 Å². The average molecular weight is 443 g/mol. The van der Waals surface area contributed by atoms with Gasteiger partial charge in [0.15, 0.2) is 11.5 Å². The number of nitro groups is 1. The van der Waals surface area contributed by atoms with E-state index in [2.05, 4.69) is 10.5 Å². The first kappa shape index (κ1) is 21.6. The second-order valence-corrected chi connectivity index (χ2v) is 6.93. The minimum absolute atomic E-state index is 0.0604. The number of nitrogens with zero attached hydrogens (tertiary/aromatic N) is 4. The molecule has 9 nitrogen and oxygen atoms in total. The van der Waals surface area contributed by atoms with Crippen molar-refractivity contribution in [1.29, 1.82) is 0 Å². The third-order valence-electron chi connectivity index (χ3n) is 4.91. The minimum atomic E-state index is -0.458. The van der Waals surface area contributed by atoms with Gasteiger partial charge in [-0.2, -0.15) is 10.2 Å². The Morgan fingerprint density at radius 3 is 2.45 bits per heavy atom. The highest BCUT2D eigenvalue weighted by Gasteiger charge is 2.15. The molecule has 0 radical (unpaired) electrons. The Balaban J connectivity index is 1.73. The van der Waals surface area contributed by atoms with Crippen molar-refractivity contribution >= 4 is 17.6 Å². The van der Waals surface area contributed by atoms with Crippen LogP contribution in [0.4, 0.5) is 11.4 Å². The Hall–Kier alpha value is -4.66. The smallest absolute Gasteiger partial charge is 0.294 e. The van der Waals surface area contributed by atoms with E-state index < -0.39 is 4.92 Å². The number of rotatable bonds is 8. The van der Waals surface area contributed by atoms with Crippen LogP contribution >= 0.6 is 0 Å². The van der Waals surface area contributed by atoms with Crippen LogP contribution in [0.2, 0.25) is 0 Å². The topological polar surface area (TPSA) is 104 Å². The quantitative estimate of drug-likeness (QED) is 0.236. The highest BCUT2D eigenvalue weighted by Crippen LogP contribution is 2.33. The zero-order valence-electron chi connectivity index (χ0n) is 18.0. The van der Waals surface area contributed by atoms with Gasteiger partial charge in [0.05, 0.1) is 31.0 Å². The summed E-state index contributed by atoms with van der Waals surface area (Å²) in [6.45, 7) is 0. The molecule has 1 aromatic heterocycles. The van der Waals surface area contributed by atoms with E-state index in [9.17, 15) is 10.1 Å². The van der Waals surface area contributed by atoms with Gasteiger partial charge in [-0.05, 0) is 36.4 Å². The van der Waals surface area contributed by atoms with E-state index in [1.807, 2.05) is 54.7 Å². The molecule has 0 aliphatic rings. The molecule has 0 amide bonds. The van der Waals surface area contributed by atoms with Gasteiger partial charge in [0.2, 0.25) is 0 Å². The van der Waals surface area contributed by atoms with Crippen LogP contribution in [0, 0.1) is 10.1 Å². The molecular formula is C24H21N5O4. The Bertz CT molecular complexity index is 1300. The molecule has 4 aromatic rings. The summed E-state index contributed by atoms with van der Waals surface area (Å²) in [6.07, 6.45) is 3.42. The van der Waals surface area contributed by atoms with Crippen molar-refractivity contribution in [2.24, 2.45) is 5.10 Å². The molecule has 33 heavy (non-hydrogen) atoms. The summed E-state index contributed by atoms with van der Waals surface area (Å²) in [5.74, 6) is 1.18. The molecule has 0 bridgehead atoms. The van der Waals surface area contributed by atoms with Gasteiger partial charge < -0.3 is 9.47 Å². The lowest BCUT2D eigenvalue weighted by Crippen LogP contribution is -1.97. The molecule has 0 saturated heterocycles. The summed E-state index contributed by atoms with van der Waals surface area (Å²) in [6, 6.07) is 21.5. The zero-order chi connectivity index (χ0) is 23.2. The Morgan fingerprint density at radius 1 is 1.00 bits per heavy atom. The normalized spacial score (nSPS) is 10.8. The molecule has 1 N–H and O–H groups in total. The van der Waals surface area contributed by atoms with Crippen LogP contribution in [-0.4, -0.2) is 35.1 Å². The zero-order valence-corrected chi connectivity index (χ0v) is 18.0. The van der Waals surface area contributed by atoms with Crippen molar-refractivity contribution in [3.63, 3.8) is 0 Å². The van der Waals surface area contributed by atoms with Crippen LogP contribution < -0.4 is 14.9 Å². The average Bonchev–Trinajstić information content (AvgIpc) is 3.28. The fourth-order valence-corrected chi connectivity index (χ4v) is 3.30. The number of nitrogens with one attached hydrogen (secondary N) is 1. The Kier molecular flexibility index (Phi) is 6.31. The van der Waals surface area contributed by atoms with Gasteiger partial charge in [0.25, 0.3) is 5.69 Å². The first-order valence-electron chi connectivity index (χ1n) is 10.0. The van der Waals surface area contributed by atoms with Crippen molar-refractivity contribution < 1.29 is 14.4 Å². The number of hydrogen-bond donors (Lipinski definition) is 1. The van der Waals surface area contributed by atoms with Gasteiger partial charge in [-0.15, -0.1) is 0 Å². The lowest BCUT2D eigenvalue weighted by molar-refractivity contribution is -0.384. The summed E-state index contributed by atoms with van der Waals surface area (Å²) in [7, 11) is 3.15. The lowest BCUT2D eigenvalue weighted by atomic mass is 10.1. The summed E-state index contributed by atoms with van der Waals surface area (Å²) in [4.78, 5) is 10.8. The van der Waals surface area contributed by atoms with Crippen molar-refractivity contribution in [1.82, 2.24) is 9.78 Å². The predicted molar refractivity (Wildman–Crippen MR) is 126 cm³/mol. The van der Waals surface area contributed by atoms with E-state index in [1.165, 1.54) is 6.07 Å². The second-order valence-electron chi connectivity index (χ2n) is 6.93.